The van der Waals surface area contributed by atoms with Gasteiger partial charge in [0.25, 0.3) is 5.91 Å². The molecule has 0 bridgehead atoms. The fraction of sp³-hybridized carbons (Fsp3) is 0.478. The second-order valence-electron chi connectivity index (χ2n) is 8.43. The summed E-state index contributed by atoms with van der Waals surface area (Å²) in [7, 11) is 0. The van der Waals surface area contributed by atoms with E-state index in [0.29, 0.717) is 17.4 Å². The number of fused-ring (bicyclic) bond motifs is 1. The van der Waals surface area contributed by atoms with Crippen LogP contribution >= 0.6 is 0 Å². The molecule has 3 heterocycles. The molecule has 4 rings (SSSR count). The quantitative estimate of drug-likeness (QED) is 0.671. The lowest BCUT2D eigenvalue weighted by molar-refractivity contribution is 0.0682. The van der Waals surface area contributed by atoms with E-state index in [-0.39, 0.29) is 5.91 Å². The van der Waals surface area contributed by atoms with Crippen molar-refractivity contribution in [3.05, 3.63) is 53.4 Å². The zero-order valence-electron chi connectivity index (χ0n) is 17.7. The van der Waals surface area contributed by atoms with Crippen LogP contribution in [-0.2, 0) is 6.54 Å². The molecule has 1 aliphatic heterocycles. The first kappa shape index (κ1) is 19.6. The number of likely N-dealkylation sites (tertiary alicyclic amines) is 1. The van der Waals surface area contributed by atoms with Crippen LogP contribution in [-0.4, -0.2) is 43.4 Å². The maximum atomic E-state index is 13.0. The van der Waals surface area contributed by atoms with E-state index in [0.717, 1.165) is 60.7 Å². The number of hydrogen-bond acceptors (Lipinski definition) is 4. The van der Waals surface area contributed by atoms with E-state index in [2.05, 4.69) is 39.6 Å². The van der Waals surface area contributed by atoms with Crippen molar-refractivity contribution in [3.63, 3.8) is 0 Å². The molecule has 152 valence electrons. The van der Waals surface area contributed by atoms with Crippen LogP contribution in [0.5, 0.6) is 0 Å². The molecule has 1 amide bonds. The van der Waals surface area contributed by atoms with Gasteiger partial charge in [-0.15, -0.1) is 0 Å². The maximum Gasteiger partial charge on any atom is 0.253 e. The molecule has 1 aromatic carbocycles. The number of rotatable bonds is 4. The average Bonchev–Trinajstić information content (AvgIpc) is 3.17. The van der Waals surface area contributed by atoms with E-state index in [1.54, 1.807) is 0 Å². The van der Waals surface area contributed by atoms with Crippen LogP contribution in [0.4, 0.5) is 0 Å². The van der Waals surface area contributed by atoms with Gasteiger partial charge in [-0.2, -0.15) is 0 Å². The van der Waals surface area contributed by atoms with Crippen molar-refractivity contribution in [1.29, 1.82) is 0 Å². The van der Waals surface area contributed by atoms with E-state index >= 15 is 0 Å². The summed E-state index contributed by atoms with van der Waals surface area (Å²) in [6, 6.07) is 5.66. The molecule has 29 heavy (non-hydrogen) atoms. The lowest BCUT2D eigenvalue weighted by atomic mass is 9.96. The smallest absolute Gasteiger partial charge is 0.253 e. The van der Waals surface area contributed by atoms with Gasteiger partial charge in [0, 0.05) is 43.5 Å². The Morgan fingerprint density at radius 1 is 1.10 bits per heavy atom. The van der Waals surface area contributed by atoms with Crippen LogP contribution in [0.1, 0.15) is 60.2 Å². The van der Waals surface area contributed by atoms with E-state index in [1.165, 1.54) is 0 Å². The van der Waals surface area contributed by atoms with E-state index < -0.39 is 0 Å². The second kappa shape index (κ2) is 7.93. The molecule has 0 spiro atoms. The Bertz CT molecular complexity index is 1030. The SMILES string of the molecule is Cc1nc2ccc(C(=O)N3CCC(Cn4ccnc4C(C)C)CC3)cc2nc1C. The van der Waals surface area contributed by atoms with E-state index in [1.807, 2.05) is 43.1 Å². The second-order valence-corrected chi connectivity index (χ2v) is 8.43. The number of imidazole rings is 1. The van der Waals surface area contributed by atoms with Crippen molar-refractivity contribution in [3.8, 4) is 0 Å². The molecular formula is C23H29N5O. The Labute approximate surface area is 172 Å². The van der Waals surface area contributed by atoms with Crippen molar-refractivity contribution in [2.45, 2.75) is 53.0 Å². The zero-order chi connectivity index (χ0) is 20.5. The number of carbonyl (C=O) groups is 1. The van der Waals surface area contributed by atoms with Crippen LogP contribution in [0.25, 0.3) is 11.0 Å². The summed E-state index contributed by atoms with van der Waals surface area (Å²) in [6.45, 7) is 10.8. The van der Waals surface area contributed by atoms with Crippen LogP contribution < -0.4 is 0 Å². The van der Waals surface area contributed by atoms with Gasteiger partial charge in [-0.05, 0) is 50.8 Å². The molecular weight excluding hydrogens is 362 g/mol. The summed E-state index contributed by atoms with van der Waals surface area (Å²) in [5.74, 6) is 2.25. The molecule has 0 radical (unpaired) electrons. The van der Waals surface area contributed by atoms with E-state index in [9.17, 15) is 4.79 Å². The Morgan fingerprint density at radius 2 is 1.79 bits per heavy atom. The van der Waals surface area contributed by atoms with Gasteiger partial charge in [-0.1, -0.05) is 13.8 Å². The standard InChI is InChI=1S/C23H29N5O/c1-15(2)22-24-9-12-28(22)14-18-7-10-27(11-8-18)23(29)19-5-6-20-21(13-19)26-17(4)16(3)25-20/h5-6,9,12-13,15,18H,7-8,10-11,14H2,1-4H3. The number of piperidine rings is 1. The first-order chi connectivity index (χ1) is 13.9. The number of aromatic nitrogens is 4. The van der Waals surface area contributed by atoms with Gasteiger partial charge in [0.2, 0.25) is 0 Å². The van der Waals surface area contributed by atoms with E-state index in [4.69, 9.17) is 0 Å². The van der Waals surface area contributed by atoms with Crippen LogP contribution in [0, 0.1) is 19.8 Å². The summed E-state index contributed by atoms with van der Waals surface area (Å²) in [5.41, 5.74) is 4.16. The van der Waals surface area contributed by atoms with Gasteiger partial charge in [-0.25, -0.2) is 15.0 Å². The number of benzene rings is 1. The predicted octanol–water partition coefficient (Wildman–Crippen LogP) is 4.12. The van der Waals surface area contributed by atoms with Gasteiger partial charge in [0.05, 0.1) is 22.4 Å². The minimum atomic E-state index is 0.0934. The largest absolute Gasteiger partial charge is 0.339 e. The number of nitrogens with zero attached hydrogens (tertiary/aromatic N) is 5. The summed E-state index contributed by atoms with van der Waals surface area (Å²) in [5, 5.41) is 0. The highest BCUT2D eigenvalue weighted by Crippen LogP contribution is 2.23. The summed E-state index contributed by atoms with van der Waals surface area (Å²) >= 11 is 0. The molecule has 0 atom stereocenters. The molecule has 0 aliphatic carbocycles. The minimum Gasteiger partial charge on any atom is -0.339 e. The highest BCUT2D eigenvalue weighted by molar-refractivity contribution is 5.97. The molecule has 0 unspecified atom stereocenters. The maximum absolute atomic E-state index is 13.0. The van der Waals surface area contributed by atoms with Gasteiger partial charge in [-0.3, -0.25) is 4.79 Å². The monoisotopic (exact) mass is 391 g/mol. The van der Waals surface area contributed by atoms with Gasteiger partial charge < -0.3 is 9.47 Å². The summed E-state index contributed by atoms with van der Waals surface area (Å²) in [4.78, 5) is 28.6. The van der Waals surface area contributed by atoms with Gasteiger partial charge in [0.1, 0.15) is 5.82 Å². The molecule has 2 aromatic heterocycles. The number of aryl methyl sites for hydroxylation is 2. The Morgan fingerprint density at radius 3 is 2.48 bits per heavy atom. The Balaban J connectivity index is 1.42. The molecule has 1 fully saturated rings. The Kier molecular flexibility index (Phi) is 5.35. The number of amides is 1. The molecule has 3 aromatic rings. The highest BCUT2D eigenvalue weighted by atomic mass is 16.2. The van der Waals surface area contributed by atoms with Crippen LogP contribution in [0.2, 0.25) is 0 Å². The van der Waals surface area contributed by atoms with Crippen molar-refractivity contribution >= 4 is 16.9 Å². The predicted molar refractivity (Wildman–Crippen MR) is 114 cm³/mol. The van der Waals surface area contributed by atoms with Crippen molar-refractivity contribution in [1.82, 2.24) is 24.4 Å². The number of carbonyl (C=O) groups excluding carboxylic acids is 1. The molecule has 0 N–H and O–H groups in total. The average molecular weight is 392 g/mol. The van der Waals surface area contributed by atoms with Crippen molar-refractivity contribution < 1.29 is 4.79 Å². The highest BCUT2D eigenvalue weighted by Gasteiger charge is 2.25. The minimum absolute atomic E-state index is 0.0934. The fourth-order valence-corrected chi connectivity index (χ4v) is 4.12. The molecule has 0 saturated carbocycles. The van der Waals surface area contributed by atoms with Gasteiger partial charge >= 0.3 is 0 Å². The van der Waals surface area contributed by atoms with Crippen molar-refractivity contribution in [2.75, 3.05) is 13.1 Å². The fourth-order valence-electron chi connectivity index (χ4n) is 4.12. The molecule has 1 aliphatic rings. The zero-order valence-corrected chi connectivity index (χ0v) is 17.7. The molecule has 6 heteroatoms. The first-order valence-electron chi connectivity index (χ1n) is 10.5. The first-order valence-corrected chi connectivity index (χ1v) is 10.5. The van der Waals surface area contributed by atoms with Crippen LogP contribution in [0.15, 0.2) is 30.6 Å². The molecule has 6 nitrogen and oxygen atoms in total. The third-order valence-corrected chi connectivity index (χ3v) is 5.94. The lowest BCUT2D eigenvalue weighted by Gasteiger charge is -2.32. The van der Waals surface area contributed by atoms with Crippen LogP contribution in [0.3, 0.4) is 0 Å². The summed E-state index contributed by atoms with van der Waals surface area (Å²) < 4.78 is 2.28. The van der Waals surface area contributed by atoms with Crippen molar-refractivity contribution in [2.24, 2.45) is 5.92 Å². The van der Waals surface area contributed by atoms with Gasteiger partial charge in [0.15, 0.2) is 0 Å². The third kappa shape index (κ3) is 4.02. The topological polar surface area (TPSA) is 63.9 Å². The molecule has 1 saturated heterocycles. The normalized spacial score (nSPS) is 15.4. The lowest BCUT2D eigenvalue weighted by Crippen LogP contribution is -2.39. The third-order valence-electron chi connectivity index (χ3n) is 5.94. The number of hydrogen-bond donors (Lipinski definition) is 0. The Hall–Kier alpha value is -2.76. The summed E-state index contributed by atoms with van der Waals surface area (Å²) in [6.07, 6.45) is 6.01.